The number of alkyl halides is 1. The Kier molecular flexibility index (Phi) is 5.85. The summed E-state index contributed by atoms with van der Waals surface area (Å²) in [5.41, 5.74) is 7.09. The van der Waals surface area contributed by atoms with Gasteiger partial charge < -0.3 is 10.5 Å². The molecule has 2 N–H and O–H groups in total. The number of aromatic nitrogens is 1. The van der Waals surface area contributed by atoms with Gasteiger partial charge in [-0.2, -0.15) is 0 Å². The number of benzene rings is 1. The standard InChI is InChI=1S/C14H15FN2O2.ClH/c1-2-19-14(18)12(15)13(16)10-7-8-17-11-6-4-3-5-9(10)11;/h3-8,12-13H,2,16H2,1H3;1H/t12?,13-;/m1./s1. The quantitative estimate of drug-likeness (QED) is 0.881. The van der Waals surface area contributed by atoms with Gasteiger partial charge in [0.1, 0.15) is 0 Å². The number of ether oxygens (including phenoxy) is 1. The highest BCUT2D eigenvalue weighted by molar-refractivity contribution is 5.85. The lowest BCUT2D eigenvalue weighted by Crippen LogP contribution is -2.31. The summed E-state index contributed by atoms with van der Waals surface area (Å²) in [5, 5.41) is 0.740. The van der Waals surface area contributed by atoms with E-state index in [4.69, 9.17) is 5.73 Å². The van der Waals surface area contributed by atoms with Crippen LogP contribution in [0.5, 0.6) is 0 Å². The first-order valence-electron chi connectivity index (χ1n) is 6.05. The normalized spacial score (nSPS) is 13.3. The van der Waals surface area contributed by atoms with Crippen molar-refractivity contribution in [1.29, 1.82) is 0 Å². The Labute approximate surface area is 122 Å². The molecule has 0 radical (unpaired) electrons. The molecule has 4 nitrogen and oxygen atoms in total. The second-order valence-electron chi connectivity index (χ2n) is 4.10. The number of pyridine rings is 1. The molecule has 0 amide bonds. The van der Waals surface area contributed by atoms with Crippen molar-refractivity contribution in [1.82, 2.24) is 4.98 Å². The Hall–Kier alpha value is -1.72. The highest BCUT2D eigenvalue weighted by Gasteiger charge is 2.28. The number of halogens is 2. The summed E-state index contributed by atoms with van der Waals surface area (Å²) in [6, 6.07) is 7.82. The van der Waals surface area contributed by atoms with Crippen LogP contribution in [0, 0.1) is 0 Å². The van der Waals surface area contributed by atoms with E-state index in [1.165, 1.54) is 0 Å². The molecular formula is C14H16ClFN2O2. The van der Waals surface area contributed by atoms with E-state index in [0.717, 1.165) is 5.39 Å². The van der Waals surface area contributed by atoms with Gasteiger partial charge in [-0.05, 0) is 24.6 Å². The molecule has 2 aromatic rings. The summed E-state index contributed by atoms with van der Waals surface area (Å²) >= 11 is 0. The smallest absolute Gasteiger partial charge is 0.342 e. The summed E-state index contributed by atoms with van der Waals surface area (Å²) in [5.74, 6) is -0.934. The fourth-order valence-corrected chi connectivity index (χ4v) is 1.93. The van der Waals surface area contributed by atoms with Crippen LogP contribution in [0.2, 0.25) is 0 Å². The average Bonchev–Trinajstić information content (AvgIpc) is 2.45. The number of nitrogens with zero attached hydrogens (tertiary/aromatic N) is 1. The van der Waals surface area contributed by atoms with Crippen LogP contribution in [0.3, 0.4) is 0 Å². The zero-order chi connectivity index (χ0) is 13.8. The van der Waals surface area contributed by atoms with E-state index in [0.29, 0.717) is 11.1 Å². The molecule has 0 saturated heterocycles. The van der Waals surface area contributed by atoms with E-state index in [9.17, 15) is 9.18 Å². The Balaban J connectivity index is 0.00000200. The van der Waals surface area contributed by atoms with Crippen LogP contribution >= 0.6 is 12.4 Å². The average molecular weight is 299 g/mol. The lowest BCUT2D eigenvalue weighted by molar-refractivity contribution is -0.149. The fourth-order valence-electron chi connectivity index (χ4n) is 1.93. The second kappa shape index (κ2) is 7.17. The van der Waals surface area contributed by atoms with Gasteiger partial charge in [-0.15, -0.1) is 12.4 Å². The summed E-state index contributed by atoms with van der Waals surface area (Å²) in [4.78, 5) is 15.6. The van der Waals surface area contributed by atoms with Crippen molar-refractivity contribution in [3.63, 3.8) is 0 Å². The van der Waals surface area contributed by atoms with Gasteiger partial charge >= 0.3 is 5.97 Å². The molecule has 0 aliphatic heterocycles. The minimum Gasteiger partial charge on any atom is -0.464 e. The molecule has 20 heavy (non-hydrogen) atoms. The topological polar surface area (TPSA) is 65.2 Å². The second-order valence-corrected chi connectivity index (χ2v) is 4.10. The zero-order valence-electron chi connectivity index (χ0n) is 11.0. The lowest BCUT2D eigenvalue weighted by Gasteiger charge is -2.17. The first-order chi connectivity index (χ1) is 9.15. The molecule has 0 spiro atoms. The third-order valence-corrected chi connectivity index (χ3v) is 2.87. The molecule has 1 unspecified atom stereocenters. The van der Waals surface area contributed by atoms with Crippen molar-refractivity contribution >= 4 is 29.3 Å². The molecule has 108 valence electrons. The van der Waals surface area contributed by atoms with Gasteiger partial charge in [0.05, 0.1) is 18.2 Å². The summed E-state index contributed by atoms with van der Waals surface area (Å²) < 4.78 is 18.6. The maximum absolute atomic E-state index is 14.0. The minimum absolute atomic E-state index is 0. The Bertz CT molecular complexity index is 589. The van der Waals surface area contributed by atoms with Gasteiger partial charge in [-0.3, -0.25) is 4.98 Å². The number of nitrogens with two attached hydrogens (primary N) is 1. The van der Waals surface area contributed by atoms with Crippen LogP contribution < -0.4 is 5.73 Å². The van der Waals surface area contributed by atoms with Gasteiger partial charge in [-0.25, -0.2) is 9.18 Å². The molecule has 0 aliphatic rings. The van der Waals surface area contributed by atoms with Gasteiger partial charge in [0, 0.05) is 11.6 Å². The third kappa shape index (κ3) is 3.23. The predicted molar refractivity (Wildman–Crippen MR) is 77.4 cm³/mol. The molecule has 1 aromatic heterocycles. The number of hydrogen-bond donors (Lipinski definition) is 1. The van der Waals surface area contributed by atoms with E-state index in [2.05, 4.69) is 9.72 Å². The largest absolute Gasteiger partial charge is 0.464 e. The molecule has 1 heterocycles. The van der Waals surface area contributed by atoms with Crippen molar-refractivity contribution in [2.75, 3.05) is 6.61 Å². The Morgan fingerprint density at radius 3 is 2.80 bits per heavy atom. The van der Waals surface area contributed by atoms with Crippen LogP contribution in [0.15, 0.2) is 36.5 Å². The molecule has 0 fully saturated rings. The van der Waals surface area contributed by atoms with E-state index < -0.39 is 18.2 Å². The molecule has 0 aliphatic carbocycles. The van der Waals surface area contributed by atoms with E-state index in [1.807, 2.05) is 18.2 Å². The van der Waals surface area contributed by atoms with Crippen LogP contribution in [0.4, 0.5) is 4.39 Å². The first kappa shape index (κ1) is 16.3. The van der Waals surface area contributed by atoms with Crippen molar-refractivity contribution in [2.45, 2.75) is 19.1 Å². The molecule has 6 heteroatoms. The van der Waals surface area contributed by atoms with E-state index in [1.54, 1.807) is 25.3 Å². The highest BCUT2D eigenvalue weighted by Crippen LogP contribution is 2.25. The van der Waals surface area contributed by atoms with Gasteiger partial charge in [0.15, 0.2) is 0 Å². The number of hydrogen-bond acceptors (Lipinski definition) is 4. The van der Waals surface area contributed by atoms with Crippen LogP contribution in [-0.2, 0) is 9.53 Å². The van der Waals surface area contributed by atoms with Crippen LogP contribution in [0.1, 0.15) is 18.5 Å². The summed E-state index contributed by atoms with van der Waals surface area (Å²) in [6.45, 7) is 1.75. The van der Waals surface area contributed by atoms with Crippen molar-refractivity contribution < 1.29 is 13.9 Å². The monoisotopic (exact) mass is 298 g/mol. The van der Waals surface area contributed by atoms with Gasteiger partial charge in [-0.1, -0.05) is 18.2 Å². The lowest BCUT2D eigenvalue weighted by atomic mass is 9.99. The SMILES string of the molecule is CCOC(=O)C(F)[C@H](N)c1ccnc2ccccc12.Cl. The number of carbonyl (C=O) groups is 1. The summed E-state index contributed by atoms with van der Waals surface area (Å²) in [6.07, 6.45) is -0.333. The maximum atomic E-state index is 14.0. The van der Waals surface area contributed by atoms with E-state index >= 15 is 0 Å². The number of rotatable bonds is 4. The predicted octanol–water partition coefficient (Wildman–Crippen LogP) is 2.56. The number of carbonyl (C=O) groups excluding carboxylic acids is 1. The zero-order valence-corrected chi connectivity index (χ0v) is 11.8. The molecule has 1 aromatic carbocycles. The number of esters is 1. The molecule has 0 saturated carbocycles. The fraction of sp³-hybridized carbons (Fsp3) is 0.286. The molecular weight excluding hydrogens is 283 g/mol. The first-order valence-corrected chi connectivity index (χ1v) is 6.05. The third-order valence-electron chi connectivity index (χ3n) is 2.87. The van der Waals surface area contributed by atoms with Crippen LogP contribution in [0.25, 0.3) is 10.9 Å². The van der Waals surface area contributed by atoms with Gasteiger partial charge in [0.25, 0.3) is 0 Å². The van der Waals surface area contributed by atoms with Crippen molar-refractivity contribution in [3.05, 3.63) is 42.1 Å². The highest BCUT2D eigenvalue weighted by atomic mass is 35.5. The summed E-state index contributed by atoms with van der Waals surface area (Å²) in [7, 11) is 0. The van der Waals surface area contributed by atoms with Crippen molar-refractivity contribution in [2.24, 2.45) is 5.73 Å². The van der Waals surface area contributed by atoms with Crippen molar-refractivity contribution in [3.8, 4) is 0 Å². The Morgan fingerprint density at radius 1 is 1.40 bits per heavy atom. The number of para-hydroxylation sites is 1. The maximum Gasteiger partial charge on any atom is 0.342 e. The minimum atomic E-state index is -1.88. The van der Waals surface area contributed by atoms with Gasteiger partial charge in [0.2, 0.25) is 6.17 Å². The van der Waals surface area contributed by atoms with E-state index in [-0.39, 0.29) is 19.0 Å². The molecule has 0 bridgehead atoms. The molecule has 2 atom stereocenters. The number of fused-ring (bicyclic) bond motifs is 1. The van der Waals surface area contributed by atoms with Crippen LogP contribution in [-0.4, -0.2) is 23.7 Å². The molecule has 2 rings (SSSR count). The Morgan fingerprint density at radius 2 is 2.10 bits per heavy atom.